The minimum atomic E-state index is -3.60. The highest BCUT2D eigenvalue weighted by Crippen LogP contribution is 2.20. The summed E-state index contributed by atoms with van der Waals surface area (Å²) in [5.41, 5.74) is 1.59. The van der Waals surface area contributed by atoms with Crippen LogP contribution in [0.1, 0.15) is 31.4 Å². The van der Waals surface area contributed by atoms with Crippen molar-refractivity contribution < 1.29 is 13.5 Å². The number of aliphatic hydroxyl groups is 1. The maximum Gasteiger partial charge on any atom is 0.243 e. The van der Waals surface area contributed by atoms with E-state index in [1.54, 1.807) is 12.1 Å². The highest BCUT2D eigenvalue weighted by molar-refractivity contribution is 7.89. The van der Waals surface area contributed by atoms with Gasteiger partial charge < -0.3 is 5.11 Å². The Bertz CT molecular complexity index is 588. The molecule has 1 aromatic rings. The van der Waals surface area contributed by atoms with Gasteiger partial charge in [0.2, 0.25) is 10.0 Å². The lowest BCUT2D eigenvalue weighted by atomic mass is 10.1. The third-order valence-corrected chi connectivity index (χ3v) is 4.95. The van der Waals surface area contributed by atoms with Gasteiger partial charge in [0, 0.05) is 6.54 Å². The zero-order valence-electron chi connectivity index (χ0n) is 12.0. The van der Waals surface area contributed by atoms with Gasteiger partial charge in [-0.3, -0.25) is 0 Å². The van der Waals surface area contributed by atoms with Crippen molar-refractivity contribution in [3.05, 3.63) is 29.3 Å². The Morgan fingerprint density at radius 1 is 1.30 bits per heavy atom. The first kappa shape index (κ1) is 16.7. The van der Waals surface area contributed by atoms with Gasteiger partial charge in [0.05, 0.1) is 18.0 Å². The van der Waals surface area contributed by atoms with Crippen LogP contribution in [-0.4, -0.2) is 30.9 Å². The average molecular weight is 295 g/mol. The molecule has 0 saturated carbocycles. The number of aliphatic hydroxyl groups excluding tert-OH is 1. The molecule has 0 bridgehead atoms. The van der Waals surface area contributed by atoms with Gasteiger partial charge >= 0.3 is 0 Å². The summed E-state index contributed by atoms with van der Waals surface area (Å²) >= 11 is 0. The number of hydrogen-bond donors (Lipinski definition) is 1. The normalized spacial score (nSPS) is 11.6. The minimum Gasteiger partial charge on any atom is -0.392 e. The van der Waals surface area contributed by atoms with Crippen LogP contribution in [0.25, 0.3) is 0 Å². The fraction of sp³-hybridized carbons (Fsp3) is 0.467. The predicted molar refractivity (Wildman–Crippen MR) is 79.6 cm³/mol. The van der Waals surface area contributed by atoms with Crippen molar-refractivity contribution in [3.63, 3.8) is 0 Å². The Morgan fingerprint density at radius 3 is 2.50 bits per heavy atom. The predicted octanol–water partition coefficient (Wildman–Crippen LogP) is 1.78. The molecule has 1 aromatic carbocycles. The topological polar surface area (TPSA) is 57.6 Å². The van der Waals surface area contributed by atoms with Crippen molar-refractivity contribution in [1.29, 1.82) is 0 Å². The molecule has 4 nitrogen and oxygen atoms in total. The number of hydrogen-bond acceptors (Lipinski definition) is 3. The molecule has 0 atom stereocenters. The molecule has 110 valence electrons. The first-order valence-corrected chi connectivity index (χ1v) is 8.11. The summed E-state index contributed by atoms with van der Waals surface area (Å²) in [5.74, 6) is 2.38. The van der Waals surface area contributed by atoms with Crippen LogP contribution >= 0.6 is 0 Å². The second kappa shape index (κ2) is 7.44. The zero-order chi connectivity index (χ0) is 15.2. The molecular formula is C15H21NO3S. The Balaban J connectivity index is 3.23. The van der Waals surface area contributed by atoms with E-state index in [1.807, 2.05) is 13.8 Å². The van der Waals surface area contributed by atoms with Crippen LogP contribution < -0.4 is 0 Å². The van der Waals surface area contributed by atoms with Crippen LogP contribution in [0.3, 0.4) is 0 Å². The lowest BCUT2D eigenvalue weighted by Crippen LogP contribution is -2.32. The molecule has 1 rings (SSSR count). The summed E-state index contributed by atoms with van der Waals surface area (Å²) < 4.78 is 26.3. The van der Waals surface area contributed by atoms with Crippen LogP contribution in [0, 0.1) is 12.3 Å². The SMILES string of the molecule is C#CCN(CCC)S(=O)(=O)c1ccc(CC)c(CO)c1. The number of rotatable bonds is 7. The quantitative estimate of drug-likeness (QED) is 0.780. The maximum absolute atomic E-state index is 12.5. The molecule has 0 saturated heterocycles. The largest absolute Gasteiger partial charge is 0.392 e. The number of terminal acetylenes is 1. The first-order chi connectivity index (χ1) is 9.51. The van der Waals surface area contributed by atoms with Gasteiger partial charge in [0.1, 0.15) is 0 Å². The fourth-order valence-electron chi connectivity index (χ4n) is 2.04. The molecule has 0 aliphatic heterocycles. The van der Waals surface area contributed by atoms with E-state index >= 15 is 0 Å². The van der Waals surface area contributed by atoms with Crippen molar-refractivity contribution in [2.45, 2.75) is 38.2 Å². The molecule has 0 fully saturated rings. The van der Waals surface area contributed by atoms with Gasteiger partial charge in [0.15, 0.2) is 0 Å². The van der Waals surface area contributed by atoms with E-state index in [1.165, 1.54) is 10.4 Å². The van der Waals surface area contributed by atoms with Gasteiger partial charge in [-0.15, -0.1) is 6.42 Å². The molecule has 20 heavy (non-hydrogen) atoms. The van der Waals surface area contributed by atoms with Crippen LogP contribution in [0.4, 0.5) is 0 Å². The Hall–Kier alpha value is -1.35. The minimum absolute atomic E-state index is 0.0557. The molecule has 0 unspecified atom stereocenters. The van der Waals surface area contributed by atoms with E-state index in [0.717, 1.165) is 12.0 Å². The molecule has 0 spiro atoms. The maximum atomic E-state index is 12.5. The molecule has 0 aliphatic rings. The lowest BCUT2D eigenvalue weighted by molar-refractivity contribution is 0.280. The summed E-state index contributed by atoms with van der Waals surface area (Å²) in [6, 6.07) is 4.86. The Morgan fingerprint density at radius 2 is 2.00 bits per heavy atom. The number of nitrogens with zero attached hydrogens (tertiary/aromatic N) is 1. The van der Waals surface area contributed by atoms with E-state index < -0.39 is 10.0 Å². The number of aryl methyl sites for hydroxylation is 1. The smallest absolute Gasteiger partial charge is 0.243 e. The highest BCUT2D eigenvalue weighted by atomic mass is 32.2. The summed E-state index contributed by atoms with van der Waals surface area (Å²) in [5, 5.41) is 9.34. The van der Waals surface area contributed by atoms with E-state index in [9.17, 15) is 13.5 Å². The second-order valence-electron chi connectivity index (χ2n) is 4.48. The average Bonchev–Trinajstić information content (AvgIpc) is 2.46. The summed E-state index contributed by atoms with van der Waals surface area (Å²) in [6.07, 6.45) is 6.68. The third-order valence-electron chi connectivity index (χ3n) is 3.11. The standard InChI is InChI=1S/C15H21NO3S/c1-4-9-16(10-5-2)20(18,19)15-8-7-13(6-3)14(11-15)12-17/h1,7-8,11,17H,5-6,9-10,12H2,2-3H3. The zero-order valence-corrected chi connectivity index (χ0v) is 12.8. The van der Waals surface area contributed by atoms with Gasteiger partial charge in [-0.05, 0) is 36.1 Å². The summed E-state index contributed by atoms with van der Waals surface area (Å²) in [7, 11) is -3.60. The molecule has 0 radical (unpaired) electrons. The molecule has 5 heteroatoms. The van der Waals surface area contributed by atoms with Gasteiger partial charge in [-0.1, -0.05) is 25.8 Å². The van der Waals surface area contributed by atoms with Crippen LogP contribution in [0.5, 0.6) is 0 Å². The Kier molecular flexibility index (Phi) is 6.21. The van der Waals surface area contributed by atoms with Crippen LogP contribution in [-0.2, 0) is 23.1 Å². The third kappa shape index (κ3) is 3.60. The first-order valence-electron chi connectivity index (χ1n) is 6.67. The molecule has 0 amide bonds. The van der Waals surface area contributed by atoms with E-state index in [4.69, 9.17) is 6.42 Å². The van der Waals surface area contributed by atoms with E-state index in [2.05, 4.69) is 5.92 Å². The molecule has 0 aliphatic carbocycles. The molecule has 0 heterocycles. The highest BCUT2D eigenvalue weighted by Gasteiger charge is 2.23. The Labute approximate surface area is 121 Å². The number of sulfonamides is 1. The van der Waals surface area contributed by atoms with Crippen LogP contribution in [0.2, 0.25) is 0 Å². The molecule has 0 aromatic heterocycles. The monoisotopic (exact) mass is 295 g/mol. The van der Waals surface area contributed by atoms with Crippen molar-refractivity contribution in [1.82, 2.24) is 4.31 Å². The van der Waals surface area contributed by atoms with Gasteiger partial charge in [0.25, 0.3) is 0 Å². The summed E-state index contributed by atoms with van der Waals surface area (Å²) in [4.78, 5) is 0.183. The van der Waals surface area contributed by atoms with Crippen molar-refractivity contribution in [2.24, 2.45) is 0 Å². The second-order valence-corrected chi connectivity index (χ2v) is 6.42. The molecule has 1 N–H and O–H groups in total. The van der Waals surface area contributed by atoms with E-state index in [0.29, 0.717) is 18.5 Å². The molecular weight excluding hydrogens is 274 g/mol. The van der Waals surface area contributed by atoms with Gasteiger partial charge in [-0.2, -0.15) is 4.31 Å². The summed E-state index contributed by atoms with van der Waals surface area (Å²) in [6.45, 7) is 4.13. The number of benzene rings is 1. The van der Waals surface area contributed by atoms with Crippen molar-refractivity contribution >= 4 is 10.0 Å². The van der Waals surface area contributed by atoms with Crippen LogP contribution in [0.15, 0.2) is 23.1 Å². The van der Waals surface area contributed by atoms with Gasteiger partial charge in [-0.25, -0.2) is 8.42 Å². The van der Waals surface area contributed by atoms with E-state index in [-0.39, 0.29) is 18.0 Å². The van der Waals surface area contributed by atoms with Crippen molar-refractivity contribution in [3.8, 4) is 12.3 Å². The lowest BCUT2D eigenvalue weighted by Gasteiger charge is -2.20. The van der Waals surface area contributed by atoms with Crippen molar-refractivity contribution in [2.75, 3.05) is 13.1 Å². The fourth-order valence-corrected chi connectivity index (χ4v) is 3.54.